The number of halogens is 3. The highest BCUT2D eigenvalue weighted by Gasteiger charge is 2.18. The Morgan fingerprint density at radius 1 is 1.21 bits per heavy atom. The van der Waals surface area contributed by atoms with E-state index in [0.29, 0.717) is 22.1 Å². The molecule has 2 aromatic heterocycles. The normalized spacial score (nSPS) is 11.8. The SMILES string of the molecule is Cc1cnc(Nc2ccc(F)cc2Cl)nc1-n1cnc(C(=O)NC(CO)c2cccc(Cl)c2)c1. The van der Waals surface area contributed by atoms with Gasteiger partial charge in [0.05, 0.1) is 23.4 Å². The molecule has 3 N–H and O–H groups in total. The average molecular weight is 501 g/mol. The highest BCUT2D eigenvalue weighted by molar-refractivity contribution is 6.33. The molecular formula is C23H19Cl2FN6O2. The van der Waals surface area contributed by atoms with Gasteiger partial charge < -0.3 is 15.7 Å². The molecule has 0 aliphatic rings. The number of carbonyl (C=O) groups is 1. The Balaban J connectivity index is 1.54. The summed E-state index contributed by atoms with van der Waals surface area (Å²) in [5.74, 6) is -0.212. The lowest BCUT2D eigenvalue weighted by Gasteiger charge is -2.16. The molecule has 0 fully saturated rings. The number of nitrogens with one attached hydrogen (secondary N) is 2. The number of carbonyl (C=O) groups excluding carboxylic acids is 1. The van der Waals surface area contributed by atoms with Gasteiger partial charge in [-0.25, -0.2) is 14.4 Å². The molecule has 174 valence electrons. The number of rotatable bonds is 7. The number of aryl methyl sites for hydroxylation is 1. The summed E-state index contributed by atoms with van der Waals surface area (Å²) >= 11 is 12.1. The van der Waals surface area contributed by atoms with E-state index in [-0.39, 0.29) is 23.3 Å². The molecule has 11 heteroatoms. The molecule has 1 unspecified atom stereocenters. The van der Waals surface area contributed by atoms with E-state index in [4.69, 9.17) is 23.2 Å². The molecule has 4 rings (SSSR count). The van der Waals surface area contributed by atoms with Crippen molar-refractivity contribution in [2.45, 2.75) is 13.0 Å². The Labute approximate surface area is 204 Å². The zero-order valence-corrected chi connectivity index (χ0v) is 19.3. The van der Waals surface area contributed by atoms with E-state index >= 15 is 0 Å². The molecule has 1 amide bonds. The van der Waals surface area contributed by atoms with Crippen LogP contribution in [0.4, 0.5) is 16.0 Å². The molecule has 8 nitrogen and oxygen atoms in total. The molecule has 2 heterocycles. The van der Waals surface area contributed by atoms with Crippen molar-refractivity contribution < 1.29 is 14.3 Å². The van der Waals surface area contributed by atoms with Crippen LogP contribution in [0.5, 0.6) is 0 Å². The summed E-state index contributed by atoms with van der Waals surface area (Å²) in [7, 11) is 0. The van der Waals surface area contributed by atoms with Crippen LogP contribution in [-0.2, 0) is 0 Å². The fraction of sp³-hybridized carbons (Fsp3) is 0.130. The number of aromatic nitrogens is 4. The fourth-order valence-corrected chi connectivity index (χ4v) is 3.62. The van der Waals surface area contributed by atoms with Gasteiger partial charge in [-0.05, 0) is 42.8 Å². The molecule has 0 saturated heterocycles. The zero-order valence-electron chi connectivity index (χ0n) is 17.8. The first kappa shape index (κ1) is 23.6. The third kappa shape index (κ3) is 5.33. The molecule has 34 heavy (non-hydrogen) atoms. The Morgan fingerprint density at radius 2 is 2.03 bits per heavy atom. The van der Waals surface area contributed by atoms with E-state index < -0.39 is 17.8 Å². The van der Waals surface area contributed by atoms with Gasteiger partial charge in [-0.2, -0.15) is 4.98 Å². The predicted molar refractivity (Wildman–Crippen MR) is 127 cm³/mol. The maximum absolute atomic E-state index is 13.3. The van der Waals surface area contributed by atoms with Gasteiger partial charge >= 0.3 is 0 Å². The largest absolute Gasteiger partial charge is 0.394 e. The lowest BCUT2D eigenvalue weighted by atomic mass is 10.1. The van der Waals surface area contributed by atoms with Crippen LogP contribution in [0.3, 0.4) is 0 Å². The van der Waals surface area contributed by atoms with Crippen LogP contribution in [-0.4, -0.2) is 37.1 Å². The summed E-state index contributed by atoms with van der Waals surface area (Å²) < 4.78 is 14.9. The van der Waals surface area contributed by atoms with Crippen LogP contribution in [0, 0.1) is 12.7 Å². The summed E-state index contributed by atoms with van der Waals surface area (Å²) in [6.07, 6.45) is 4.57. The molecule has 0 spiro atoms. The summed E-state index contributed by atoms with van der Waals surface area (Å²) in [4.78, 5) is 25.6. The molecule has 0 aliphatic heterocycles. The number of hydrogen-bond donors (Lipinski definition) is 3. The van der Waals surface area contributed by atoms with E-state index in [0.717, 1.165) is 5.56 Å². The molecule has 0 radical (unpaired) electrons. The summed E-state index contributed by atoms with van der Waals surface area (Å²) in [6.45, 7) is 1.50. The lowest BCUT2D eigenvalue weighted by Crippen LogP contribution is -2.31. The number of nitrogens with zero attached hydrogens (tertiary/aromatic N) is 4. The Hall–Kier alpha value is -3.53. The van der Waals surface area contributed by atoms with Gasteiger partial charge in [-0.3, -0.25) is 9.36 Å². The smallest absolute Gasteiger partial charge is 0.272 e. The van der Waals surface area contributed by atoms with Gasteiger partial charge in [0, 0.05) is 23.0 Å². The highest BCUT2D eigenvalue weighted by atomic mass is 35.5. The Kier molecular flexibility index (Phi) is 7.06. The Bertz CT molecular complexity index is 1350. The summed E-state index contributed by atoms with van der Waals surface area (Å²) in [5.41, 5.74) is 1.98. The van der Waals surface area contributed by atoms with Crippen molar-refractivity contribution in [2.75, 3.05) is 11.9 Å². The minimum atomic E-state index is -0.645. The second kappa shape index (κ2) is 10.2. The van der Waals surface area contributed by atoms with E-state index in [1.807, 2.05) is 6.92 Å². The van der Waals surface area contributed by atoms with E-state index in [2.05, 4.69) is 25.6 Å². The van der Waals surface area contributed by atoms with E-state index in [1.165, 1.54) is 30.7 Å². The number of benzene rings is 2. The van der Waals surface area contributed by atoms with Crippen molar-refractivity contribution in [1.82, 2.24) is 24.8 Å². The first-order valence-corrected chi connectivity index (χ1v) is 10.9. The number of anilines is 2. The molecular weight excluding hydrogens is 482 g/mol. The van der Waals surface area contributed by atoms with Gasteiger partial charge in [-0.15, -0.1) is 0 Å². The number of imidazole rings is 1. The molecule has 0 aliphatic carbocycles. The standard InChI is InChI=1S/C23H19Cl2FN6O2/c1-13-9-27-23(30-18-6-5-16(26)8-17(18)25)31-21(13)32-10-19(28-12-32)22(34)29-20(11-33)14-3-2-4-15(24)7-14/h2-10,12,20,33H,11H2,1H3,(H,29,34)(H,27,30,31). The second-order valence-corrected chi connectivity index (χ2v) is 8.22. The molecule has 4 aromatic rings. The predicted octanol–water partition coefficient (Wildman–Crippen LogP) is 4.62. The van der Waals surface area contributed by atoms with Crippen molar-refractivity contribution in [3.05, 3.63) is 93.9 Å². The summed E-state index contributed by atoms with van der Waals surface area (Å²) in [6, 6.07) is 10.2. The monoisotopic (exact) mass is 500 g/mol. The van der Waals surface area contributed by atoms with Crippen molar-refractivity contribution in [2.24, 2.45) is 0 Å². The van der Waals surface area contributed by atoms with Crippen LogP contribution in [0.15, 0.2) is 61.2 Å². The van der Waals surface area contributed by atoms with E-state index in [1.54, 1.807) is 35.0 Å². The maximum atomic E-state index is 13.3. The minimum Gasteiger partial charge on any atom is -0.394 e. The van der Waals surface area contributed by atoms with Gasteiger partial charge in [-0.1, -0.05) is 35.3 Å². The van der Waals surface area contributed by atoms with E-state index in [9.17, 15) is 14.3 Å². The molecule has 2 aromatic carbocycles. The maximum Gasteiger partial charge on any atom is 0.272 e. The third-order valence-electron chi connectivity index (χ3n) is 4.92. The van der Waals surface area contributed by atoms with Crippen LogP contribution in [0.1, 0.15) is 27.7 Å². The number of amides is 1. The quantitative estimate of drug-likeness (QED) is 0.341. The van der Waals surface area contributed by atoms with Crippen LogP contribution >= 0.6 is 23.2 Å². The zero-order chi connectivity index (χ0) is 24.2. The first-order chi connectivity index (χ1) is 16.3. The number of aliphatic hydroxyl groups is 1. The minimum absolute atomic E-state index is 0.134. The topological polar surface area (TPSA) is 105 Å². The lowest BCUT2D eigenvalue weighted by molar-refractivity contribution is 0.0911. The van der Waals surface area contributed by atoms with Crippen molar-refractivity contribution in [3.63, 3.8) is 0 Å². The van der Waals surface area contributed by atoms with Crippen LogP contribution < -0.4 is 10.6 Å². The van der Waals surface area contributed by atoms with Gasteiger partial charge in [0.15, 0.2) is 0 Å². The molecule has 0 saturated carbocycles. The van der Waals surface area contributed by atoms with Gasteiger partial charge in [0.25, 0.3) is 5.91 Å². The first-order valence-electron chi connectivity index (χ1n) is 10.1. The number of hydrogen-bond acceptors (Lipinski definition) is 6. The van der Waals surface area contributed by atoms with Crippen molar-refractivity contribution in [3.8, 4) is 5.82 Å². The van der Waals surface area contributed by atoms with Crippen LogP contribution in [0.25, 0.3) is 5.82 Å². The average Bonchev–Trinajstić information content (AvgIpc) is 3.30. The number of aliphatic hydroxyl groups excluding tert-OH is 1. The van der Waals surface area contributed by atoms with Crippen LogP contribution in [0.2, 0.25) is 10.0 Å². The summed E-state index contributed by atoms with van der Waals surface area (Å²) in [5, 5.41) is 16.1. The van der Waals surface area contributed by atoms with Gasteiger partial charge in [0.2, 0.25) is 5.95 Å². The molecule has 1 atom stereocenters. The van der Waals surface area contributed by atoms with Gasteiger partial charge in [0.1, 0.15) is 23.7 Å². The third-order valence-corrected chi connectivity index (χ3v) is 5.47. The Morgan fingerprint density at radius 3 is 2.76 bits per heavy atom. The van der Waals surface area contributed by atoms with Crippen molar-refractivity contribution >= 4 is 40.7 Å². The molecule has 0 bridgehead atoms. The van der Waals surface area contributed by atoms with Crippen molar-refractivity contribution in [1.29, 1.82) is 0 Å². The fourth-order valence-electron chi connectivity index (χ4n) is 3.21. The second-order valence-electron chi connectivity index (χ2n) is 7.38. The highest BCUT2D eigenvalue weighted by Crippen LogP contribution is 2.25.